The Bertz CT molecular complexity index is 554. The maximum absolute atomic E-state index is 12.8. The van der Waals surface area contributed by atoms with Gasteiger partial charge in [-0.05, 0) is 69.9 Å². The highest BCUT2D eigenvalue weighted by Crippen LogP contribution is 2.43. The van der Waals surface area contributed by atoms with E-state index < -0.39 is 0 Å². The fraction of sp³-hybridized carbons (Fsp3) is 0.700. The molecule has 0 bridgehead atoms. The molecule has 0 saturated carbocycles. The van der Waals surface area contributed by atoms with Gasteiger partial charge in [0.2, 0.25) is 5.91 Å². The van der Waals surface area contributed by atoms with Gasteiger partial charge >= 0.3 is 0 Å². The number of piperidine rings is 1. The van der Waals surface area contributed by atoms with Crippen LogP contribution in [0.5, 0.6) is 0 Å². The smallest absolute Gasteiger partial charge is 0.237 e. The summed E-state index contributed by atoms with van der Waals surface area (Å²) in [6.07, 6.45) is 7.18. The predicted molar refractivity (Wildman–Crippen MR) is 100 cm³/mol. The van der Waals surface area contributed by atoms with Gasteiger partial charge < -0.3 is 10.2 Å². The van der Waals surface area contributed by atoms with Crippen molar-refractivity contribution in [2.24, 2.45) is 5.41 Å². The summed E-state index contributed by atoms with van der Waals surface area (Å²) in [5.41, 5.74) is 1.39. The molecule has 0 radical (unpaired) electrons. The average Bonchev–Trinajstić information content (AvgIpc) is 2.97. The Morgan fingerprint density at radius 2 is 2.16 bits per heavy atom. The standard InChI is InChI=1S/C20H32N4O/c1-3-12-24-16-20(8-13-23(2)14-9-20)15-18(24)19(25)22-11-7-17-6-4-5-10-21-17/h4-6,10,18H,3,7-9,11-16H2,1-2H3,(H,22,25). The molecule has 1 amide bonds. The van der Waals surface area contributed by atoms with Crippen LogP contribution in [0.2, 0.25) is 0 Å². The summed E-state index contributed by atoms with van der Waals surface area (Å²) in [4.78, 5) is 22.0. The monoisotopic (exact) mass is 344 g/mol. The zero-order chi connectivity index (χ0) is 17.7. The van der Waals surface area contributed by atoms with Gasteiger partial charge in [0.15, 0.2) is 0 Å². The summed E-state index contributed by atoms with van der Waals surface area (Å²) in [6.45, 7) is 7.31. The van der Waals surface area contributed by atoms with Gasteiger partial charge in [0.05, 0.1) is 6.04 Å². The molecule has 1 aromatic rings. The molecule has 1 unspecified atom stereocenters. The van der Waals surface area contributed by atoms with Gasteiger partial charge in [-0.15, -0.1) is 0 Å². The number of carbonyl (C=O) groups excluding carboxylic acids is 1. The Morgan fingerprint density at radius 3 is 2.84 bits per heavy atom. The van der Waals surface area contributed by atoms with Crippen LogP contribution in [0.1, 0.15) is 38.3 Å². The minimum atomic E-state index is 0.0482. The molecule has 3 rings (SSSR count). The molecule has 1 atom stereocenters. The summed E-state index contributed by atoms with van der Waals surface area (Å²) < 4.78 is 0. The third-order valence-electron chi connectivity index (χ3n) is 5.87. The summed E-state index contributed by atoms with van der Waals surface area (Å²) in [7, 11) is 2.20. The number of rotatable bonds is 6. The lowest BCUT2D eigenvalue weighted by molar-refractivity contribution is -0.125. The van der Waals surface area contributed by atoms with E-state index in [1.54, 1.807) is 6.20 Å². The number of likely N-dealkylation sites (tertiary alicyclic amines) is 2. The molecule has 2 aliphatic rings. The van der Waals surface area contributed by atoms with Crippen LogP contribution in [0, 0.1) is 5.41 Å². The first-order valence-electron chi connectivity index (χ1n) is 9.72. The second kappa shape index (κ2) is 8.28. The van der Waals surface area contributed by atoms with Crippen molar-refractivity contribution in [3.05, 3.63) is 30.1 Å². The van der Waals surface area contributed by atoms with E-state index in [2.05, 4.69) is 34.1 Å². The molecule has 1 aromatic heterocycles. The summed E-state index contributed by atoms with van der Waals surface area (Å²) in [5.74, 6) is 0.209. The number of aromatic nitrogens is 1. The van der Waals surface area contributed by atoms with Crippen LogP contribution >= 0.6 is 0 Å². The van der Waals surface area contributed by atoms with E-state index in [9.17, 15) is 4.79 Å². The van der Waals surface area contributed by atoms with Gasteiger partial charge in [0.1, 0.15) is 0 Å². The van der Waals surface area contributed by atoms with Crippen molar-refractivity contribution < 1.29 is 4.79 Å². The number of amides is 1. The Hall–Kier alpha value is -1.46. The van der Waals surface area contributed by atoms with Crippen molar-refractivity contribution in [1.29, 1.82) is 0 Å². The highest BCUT2D eigenvalue weighted by Gasteiger charge is 2.47. The fourth-order valence-electron chi connectivity index (χ4n) is 4.36. The van der Waals surface area contributed by atoms with Crippen LogP contribution in [-0.4, -0.2) is 66.5 Å². The minimum Gasteiger partial charge on any atom is -0.354 e. The Balaban J connectivity index is 1.55. The molecule has 5 nitrogen and oxygen atoms in total. The highest BCUT2D eigenvalue weighted by atomic mass is 16.2. The molecule has 2 aliphatic heterocycles. The minimum absolute atomic E-state index is 0.0482. The van der Waals surface area contributed by atoms with Gasteiger partial charge in [-0.3, -0.25) is 14.7 Å². The largest absolute Gasteiger partial charge is 0.354 e. The Morgan fingerprint density at radius 1 is 1.36 bits per heavy atom. The molecule has 138 valence electrons. The number of hydrogen-bond acceptors (Lipinski definition) is 4. The number of carbonyl (C=O) groups is 1. The summed E-state index contributed by atoms with van der Waals surface area (Å²) >= 11 is 0. The van der Waals surface area contributed by atoms with Crippen molar-refractivity contribution in [1.82, 2.24) is 20.1 Å². The summed E-state index contributed by atoms with van der Waals surface area (Å²) in [5, 5.41) is 3.16. The van der Waals surface area contributed by atoms with Crippen LogP contribution < -0.4 is 5.32 Å². The van der Waals surface area contributed by atoms with Crippen LogP contribution in [0.3, 0.4) is 0 Å². The molecule has 0 aliphatic carbocycles. The van der Waals surface area contributed by atoms with Crippen molar-refractivity contribution in [3.8, 4) is 0 Å². The lowest BCUT2D eigenvalue weighted by Gasteiger charge is -2.37. The van der Waals surface area contributed by atoms with E-state index >= 15 is 0 Å². The quantitative estimate of drug-likeness (QED) is 0.857. The van der Waals surface area contributed by atoms with Crippen LogP contribution in [-0.2, 0) is 11.2 Å². The molecule has 5 heteroatoms. The molecule has 0 aromatic carbocycles. The molecule has 1 N–H and O–H groups in total. The molecule has 2 saturated heterocycles. The predicted octanol–water partition coefficient (Wildman–Crippen LogP) is 1.94. The number of nitrogens with one attached hydrogen (secondary N) is 1. The lowest BCUT2D eigenvalue weighted by Crippen LogP contribution is -2.44. The van der Waals surface area contributed by atoms with E-state index in [0.29, 0.717) is 12.0 Å². The third-order valence-corrected chi connectivity index (χ3v) is 5.87. The molecular weight excluding hydrogens is 312 g/mol. The normalized spacial score (nSPS) is 23.8. The SMILES string of the molecule is CCCN1CC2(CCN(C)CC2)CC1C(=O)NCCc1ccccn1. The van der Waals surface area contributed by atoms with Gasteiger partial charge in [0.25, 0.3) is 0 Å². The van der Waals surface area contributed by atoms with E-state index in [-0.39, 0.29) is 11.9 Å². The van der Waals surface area contributed by atoms with Gasteiger partial charge in [-0.25, -0.2) is 0 Å². The van der Waals surface area contributed by atoms with Crippen LogP contribution in [0.25, 0.3) is 0 Å². The topological polar surface area (TPSA) is 48.5 Å². The average molecular weight is 345 g/mol. The molecule has 1 spiro atoms. The molecular formula is C20H32N4O. The fourth-order valence-corrected chi connectivity index (χ4v) is 4.36. The van der Waals surface area contributed by atoms with Gasteiger partial charge in [-0.2, -0.15) is 0 Å². The highest BCUT2D eigenvalue weighted by molar-refractivity contribution is 5.82. The van der Waals surface area contributed by atoms with Gasteiger partial charge in [-0.1, -0.05) is 13.0 Å². The zero-order valence-electron chi connectivity index (χ0n) is 15.7. The van der Waals surface area contributed by atoms with Crippen molar-refractivity contribution in [2.75, 3.05) is 39.8 Å². The Kier molecular flexibility index (Phi) is 6.07. The third kappa shape index (κ3) is 4.59. The van der Waals surface area contributed by atoms with E-state index in [1.165, 1.54) is 12.8 Å². The first-order valence-corrected chi connectivity index (χ1v) is 9.72. The van der Waals surface area contributed by atoms with Crippen molar-refractivity contribution in [2.45, 2.75) is 45.1 Å². The molecule has 3 heterocycles. The van der Waals surface area contributed by atoms with Crippen molar-refractivity contribution >= 4 is 5.91 Å². The number of pyridine rings is 1. The van der Waals surface area contributed by atoms with E-state index in [0.717, 1.165) is 51.1 Å². The maximum atomic E-state index is 12.8. The molecule has 2 fully saturated rings. The van der Waals surface area contributed by atoms with Crippen LogP contribution in [0.4, 0.5) is 0 Å². The van der Waals surface area contributed by atoms with Crippen molar-refractivity contribution in [3.63, 3.8) is 0 Å². The van der Waals surface area contributed by atoms with E-state index in [4.69, 9.17) is 0 Å². The molecule has 25 heavy (non-hydrogen) atoms. The van der Waals surface area contributed by atoms with E-state index in [1.807, 2.05) is 18.2 Å². The number of nitrogens with zero attached hydrogens (tertiary/aromatic N) is 3. The van der Waals surface area contributed by atoms with Gasteiger partial charge in [0, 0.05) is 31.4 Å². The second-order valence-corrected chi connectivity index (χ2v) is 7.86. The Labute approximate surface area is 151 Å². The second-order valence-electron chi connectivity index (χ2n) is 7.86. The first kappa shape index (κ1) is 18.3. The lowest BCUT2D eigenvalue weighted by atomic mass is 9.76. The number of hydrogen-bond donors (Lipinski definition) is 1. The first-order chi connectivity index (χ1) is 12.1. The summed E-state index contributed by atoms with van der Waals surface area (Å²) in [6, 6.07) is 5.98. The zero-order valence-corrected chi connectivity index (χ0v) is 15.7. The van der Waals surface area contributed by atoms with Crippen LogP contribution in [0.15, 0.2) is 24.4 Å². The maximum Gasteiger partial charge on any atom is 0.237 e.